The van der Waals surface area contributed by atoms with Gasteiger partial charge in [0.15, 0.2) is 0 Å². The summed E-state index contributed by atoms with van der Waals surface area (Å²) in [5.41, 5.74) is 10.1. The van der Waals surface area contributed by atoms with E-state index in [4.69, 9.17) is 0 Å². The number of allylic oxidation sites excluding steroid dienone is 2. The third-order valence-electron chi connectivity index (χ3n) is 10.1. The van der Waals surface area contributed by atoms with E-state index in [9.17, 15) is 0 Å². The number of fused-ring (bicyclic) bond motifs is 2. The van der Waals surface area contributed by atoms with Crippen LogP contribution >= 0.6 is 0 Å². The first-order valence-electron chi connectivity index (χ1n) is 14.2. The maximum absolute atomic E-state index is 3.61. The van der Waals surface area contributed by atoms with Crippen LogP contribution < -0.4 is 0 Å². The van der Waals surface area contributed by atoms with E-state index in [0.717, 1.165) is 7.25 Å². The Hall–Kier alpha value is -0.980. The molecule has 2 unspecified atom stereocenters. The van der Waals surface area contributed by atoms with E-state index < -0.39 is 23.9 Å². The van der Waals surface area contributed by atoms with E-state index >= 15 is 0 Å². The summed E-state index contributed by atoms with van der Waals surface area (Å²) in [6, 6.07) is 19.1. The summed E-state index contributed by atoms with van der Waals surface area (Å²) in [5.74, 6) is -1.02. The molecule has 0 radical (unpaired) electrons. The fraction of sp³-hybridized carbons (Fsp3) is 0.500. The van der Waals surface area contributed by atoms with Crippen LogP contribution in [0, 0.1) is 0 Å². The molecule has 2 aromatic rings. The molecule has 0 spiro atoms. The average molecular weight is 551 g/mol. The van der Waals surface area contributed by atoms with Crippen molar-refractivity contribution in [2.45, 2.75) is 94.8 Å². The molecule has 4 rings (SSSR count). The second-order valence-corrected chi connectivity index (χ2v) is 46.2. The third-order valence-corrected chi connectivity index (χ3v) is 60.7. The van der Waals surface area contributed by atoms with Crippen LogP contribution in [0.25, 0.3) is 12.2 Å². The summed E-state index contributed by atoms with van der Waals surface area (Å²) < 4.78 is 4.63. The minimum absolute atomic E-state index is 0.749. The molecule has 2 aromatic carbocycles. The second-order valence-electron chi connectivity index (χ2n) is 11.6. The molecule has 0 heterocycles. The fourth-order valence-electron chi connectivity index (χ4n) is 8.47. The van der Waals surface area contributed by atoms with Crippen LogP contribution in [-0.2, 0) is 17.9 Å². The number of hydrogen-bond acceptors (Lipinski definition) is 0. The summed E-state index contributed by atoms with van der Waals surface area (Å²) in [4.78, 5) is 0. The van der Waals surface area contributed by atoms with Crippen molar-refractivity contribution in [2.75, 3.05) is 0 Å². The molecule has 0 aliphatic heterocycles. The molecule has 2 heteroatoms. The maximum atomic E-state index is 2.80. The normalized spacial score (nSPS) is 20.5. The van der Waals surface area contributed by atoms with Crippen molar-refractivity contribution in [3.63, 3.8) is 0 Å². The van der Waals surface area contributed by atoms with Crippen molar-refractivity contribution >= 4 is 18.1 Å². The number of hydrogen-bond donors (Lipinski definition) is 0. The first-order chi connectivity index (χ1) is 16.5. The van der Waals surface area contributed by atoms with Gasteiger partial charge in [-0.2, -0.15) is 0 Å². The van der Waals surface area contributed by atoms with Crippen molar-refractivity contribution in [1.29, 1.82) is 0 Å². The van der Waals surface area contributed by atoms with E-state index in [2.05, 4.69) is 101 Å². The van der Waals surface area contributed by atoms with Crippen molar-refractivity contribution in [1.82, 2.24) is 0 Å². The summed E-state index contributed by atoms with van der Waals surface area (Å²) >= 11 is -3.61. The van der Waals surface area contributed by atoms with Crippen molar-refractivity contribution in [2.24, 2.45) is 0 Å². The molecule has 183 valence electrons. The first kappa shape index (κ1) is 26.1. The number of unbranched alkanes of at least 4 members (excludes halogenated alkanes) is 2. The van der Waals surface area contributed by atoms with Gasteiger partial charge in [0.1, 0.15) is 0 Å². The van der Waals surface area contributed by atoms with Gasteiger partial charge >= 0.3 is 213 Å². The SMILES string of the molecule is CCC[CH2][Zr]([CH2]CCC)([CH]1C(CC)=Cc2ccccc21)([CH]1C(CC)=Cc2ccccc21)[SiH](C)C. The first-order valence-corrected chi connectivity index (χ1v) is 27.7. The summed E-state index contributed by atoms with van der Waals surface area (Å²) in [6.45, 7) is 15.4. The standard InChI is InChI=1S/2C11H11.2C4H9.C2H7Si.Zr/c2*1-2-9-7-10-5-3-4-6-11(10)8-9;2*1-3-4-2;1-3-2;/h2*3-8H,2H2,1H3;2*1,3-4H2,2H3;3H,1-2H3;. The summed E-state index contributed by atoms with van der Waals surface area (Å²) in [5, 5.41) is 0. The fourth-order valence-corrected chi connectivity index (χ4v) is 57.9. The van der Waals surface area contributed by atoms with Gasteiger partial charge < -0.3 is 0 Å². The summed E-state index contributed by atoms with van der Waals surface area (Å²) in [6.07, 6.45) is 13.2. The van der Waals surface area contributed by atoms with E-state index in [1.807, 2.05) is 0 Å². The van der Waals surface area contributed by atoms with Gasteiger partial charge in [0.05, 0.1) is 0 Å². The summed E-state index contributed by atoms with van der Waals surface area (Å²) in [7, 11) is 0. The number of rotatable bonds is 11. The zero-order chi connectivity index (χ0) is 24.4. The van der Waals surface area contributed by atoms with E-state index in [0.29, 0.717) is 0 Å². The van der Waals surface area contributed by atoms with Crippen LogP contribution in [0.5, 0.6) is 0 Å². The Balaban J connectivity index is 2.12. The van der Waals surface area contributed by atoms with Crippen LogP contribution in [0.1, 0.15) is 95.7 Å². The predicted molar refractivity (Wildman–Crippen MR) is 153 cm³/mol. The Bertz CT molecular complexity index is 994. The van der Waals surface area contributed by atoms with Gasteiger partial charge in [0, 0.05) is 0 Å². The molecular formula is C32H47SiZr. The van der Waals surface area contributed by atoms with E-state index in [-0.39, 0.29) is 0 Å². The van der Waals surface area contributed by atoms with E-state index in [1.165, 1.54) is 38.5 Å². The van der Waals surface area contributed by atoms with E-state index in [1.54, 1.807) is 41.7 Å². The van der Waals surface area contributed by atoms with Crippen molar-refractivity contribution in [3.8, 4) is 0 Å². The zero-order valence-corrected chi connectivity index (χ0v) is 26.3. The molecular weight excluding hydrogens is 504 g/mol. The van der Waals surface area contributed by atoms with Gasteiger partial charge in [-0.25, -0.2) is 0 Å². The monoisotopic (exact) mass is 549 g/mol. The zero-order valence-electron chi connectivity index (χ0n) is 22.7. The molecule has 34 heavy (non-hydrogen) atoms. The van der Waals surface area contributed by atoms with Crippen molar-refractivity contribution in [3.05, 3.63) is 81.9 Å². The van der Waals surface area contributed by atoms with Gasteiger partial charge in [-0.05, 0) is 0 Å². The molecule has 0 nitrogen and oxygen atoms in total. The van der Waals surface area contributed by atoms with Crippen LogP contribution in [0.4, 0.5) is 0 Å². The molecule has 0 amide bonds. The molecule has 0 saturated carbocycles. The van der Waals surface area contributed by atoms with Crippen LogP contribution in [0.15, 0.2) is 59.7 Å². The molecule has 2 atom stereocenters. The van der Waals surface area contributed by atoms with Crippen LogP contribution in [-0.4, -0.2) is 5.92 Å². The minimum atomic E-state index is -3.61. The van der Waals surface area contributed by atoms with Gasteiger partial charge in [0.2, 0.25) is 0 Å². The van der Waals surface area contributed by atoms with Gasteiger partial charge in [-0.3, -0.25) is 0 Å². The van der Waals surface area contributed by atoms with Crippen LogP contribution in [0.3, 0.4) is 0 Å². The second kappa shape index (κ2) is 10.6. The third kappa shape index (κ3) is 3.87. The average Bonchev–Trinajstić information content (AvgIpc) is 3.44. The molecule has 0 saturated heterocycles. The topological polar surface area (TPSA) is 0 Å². The molecule has 2 aliphatic rings. The Morgan fingerprint density at radius 3 is 1.41 bits per heavy atom. The number of benzene rings is 2. The predicted octanol–water partition coefficient (Wildman–Crippen LogP) is 10.2. The van der Waals surface area contributed by atoms with Gasteiger partial charge in [-0.1, -0.05) is 0 Å². The molecule has 0 fully saturated rings. The Kier molecular flexibility index (Phi) is 8.10. The molecule has 2 aliphatic carbocycles. The van der Waals surface area contributed by atoms with Gasteiger partial charge in [-0.15, -0.1) is 0 Å². The van der Waals surface area contributed by atoms with Crippen molar-refractivity contribution < 1.29 is 17.9 Å². The molecule has 0 aromatic heterocycles. The molecule has 0 N–H and O–H groups in total. The Morgan fingerprint density at radius 1 is 0.647 bits per heavy atom. The van der Waals surface area contributed by atoms with Gasteiger partial charge in [0.25, 0.3) is 0 Å². The van der Waals surface area contributed by atoms with Crippen LogP contribution in [0.2, 0.25) is 21.4 Å². The quantitative estimate of drug-likeness (QED) is 0.244. The molecule has 0 bridgehead atoms. The Labute approximate surface area is 211 Å². The Morgan fingerprint density at radius 2 is 1.06 bits per heavy atom.